The normalized spacial score (nSPS) is 31.4. The van der Waals surface area contributed by atoms with E-state index in [1.54, 1.807) is 0 Å². The lowest BCUT2D eigenvalue weighted by atomic mass is 9.78. The van der Waals surface area contributed by atoms with E-state index in [0.717, 1.165) is 12.8 Å². The third-order valence-corrected chi connectivity index (χ3v) is 4.42. The zero-order valence-electron chi connectivity index (χ0n) is 8.82. The van der Waals surface area contributed by atoms with E-state index in [-0.39, 0.29) is 11.8 Å². The SMILES string of the molecule is CC(C)C1(C(C)C)C(F)(F)C12CC2. The first-order valence-corrected chi connectivity index (χ1v) is 5.22. The van der Waals surface area contributed by atoms with E-state index in [4.69, 9.17) is 0 Å². The van der Waals surface area contributed by atoms with E-state index < -0.39 is 16.8 Å². The maximum atomic E-state index is 13.8. The molecule has 0 aromatic rings. The molecule has 2 aliphatic carbocycles. The molecule has 2 aliphatic rings. The third kappa shape index (κ3) is 0.658. The molecular formula is C11H18F2. The molecule has 2 heteroatoms. The highest BCUT2D eigenvalue weighted by atomic mass is 19.3. The van der Waals surface area contributed by atoms with Crippen LogP contribution in [-0.4, -0.2) is 5.92 Å². The Kier molecular flexibility index (Phi) is 1.52. The van der Waals surface area contributed by atoms with Gasteiger partial charge in [0.2, 0.25) is 0 Å². The van der Waals surface area contributed by atoms with Crippen molar-refractivity contribution in [3.8, 4) is 0 Å². The van der Waals surface area contributed by atoms with Crippen LogP contribution in [0.15, 0.2) is 0 Å². The summed E-state index contributed by atoms with van der Waals surface area (Å²) in [6, 6.07) is 0. The van der Waals surface area contributed by atoms with E-state index >= 15 is 0 Å². The summed E-state index contributed by atoms with van der Waals surface area (Å²) in [5, 5.41) is 0. The van der Waals surface area contributed by atoms with Crippen molar-refractivity contribution in [3.05, 3.63) is 0 Å². The van der Waals surface area contributed by atoms with Crippen molar-refractivity contribution in [1.29, 1.82) is 0 Å². The Balaban J connectivity index is 2.39. The highest BCUT2D eigenvalue weighted by Gasteiger charge is 2.96. The summed E-state index contributed by atoms with van der Waals surface area (Å²) in [7, 11) is 0. The fourth-order valence-corrected chi connectivity index (χ4v) is 4.00. The second kappa shape index (κ2) is 2.09. The van der Waals surface area contributed by atoms with Crippen LogP contribution in [0, 0.1) is 22.7 Å². The molecule has 2 rings (SSSR count). The summed E-state index contributed by atoms with van der Waals surface area (Å²) in [4.78, 5) is 0. The summed E-state index contributed by atoms with van der Waals surface area (Å²) >= 11 is 0. The Bertz CT molecular complexity index is 222. The highest BCUT2D eigenvalue weighted by Crippen LogP contribution is 2.91. The van der Waals surface area contributed by atoms with Crippen molar-refractivity contribution in [1.82, 2.24) is 0 Å². The van der Waals surface area contributed by atoms with Gasteiger partial charge in [0.25, 0.3) is 5.92 Å². The van der Waals surface area contributed by atoms with E-state index in [1.807, 2.05) is 27.7 Å². The van der Waals surface area contributed by atoms with Crippen molar-refractivity contribution in [3.63, 3.8) is 0 Å². The van der Waals surface area contributed by atoms with Crippen LogP contribution in [-0.2, 0) is 0 Å². The molecule has 0 N–H and O–H groups in total. The van der Waals surface area contributed by atoms with Crippen LogP contribution in [0.1, 0.15) is 40.5 Å². The third-order valence-electron chi connectivity index (χ3n) is 4.42. The number of alkyl halides is 2. The minimum atomic E-state index is -2.39. The first kappa shape index (κ1) is 9.42. The molecule has 0 radical (unpaired) electrons. The molecule has 0 bridgehead atoms. The fraction of sp³-hybridized carbons (Fsp3) is 1.00. The Morgan fingerprint density at radius 3 is 1.38 bits per heavy atom. The molecule has 1 spiro atoms. The summed E-state index contributed by atoms with van der Waals surface area (Å²) in [5.41, 5.74) is -1.26. The first-order chi connectivity index (χ1) is 5.84. The van der Waals surface area contributed by atoms with Crippen LogP contribution in [0.4, 0.5) is 8.78 Å². The molecule has 2 saturated carbocycles. The van der Waals surface area contributed by atoms with Crippen LogP contribution < -0.4 is 0 Å². The lowest BCUT2D eigenvalue weighted by Crippen LogP contribution is -2.25. The van der Waals surface area contributed by atoms with Crippen LogP contribution >= 0.6 is 0 Å². The van der Waals surface area contributed by atoms with Crippen LogP contribution in [0.5, 0.6) is 0 Å². The fourth-order valence-electron chi connectivity index (χ4n) is 4.00. The van der Waals surface area contributed by atoms with Gasteiger partial charge in [-0.1, -0.05) is 27.7 Å². The van der Waals surface area contributed by atoms with Crippen LogP contribution in [0.25, 0.3) is 0 Å². The second-order valence-electron chi connectivity index (χ2n) is 5.33. The predicted octanol–water partition coefficient (Wildman–Crippen LogP) is 3.71. The topological polar surface area (TPSA) is 0 Å². The average Bonchev–Trinajstić information content (AvgIpc) is 2.73. The van der Waals surface area contributed by atoms with Gasteiger partial charge in [0.15, 0.2) is 0 Å². The van der Waals surface area contributed by atoms with Crippen LogP contribution in [0.2, 0.25) is 0 Å². The number of rotatable bonds is 2. The minimum Gasteiger partial charge on any atom is -0.206 e. The summed E-state index contributed by atoms with van der Waals surface area (Å²) < 4.78 is 27.6. The molecule has 0 atom stereocenters. The molecule has 0 aromatic carbocycles. The standard InChI is InChI=1S/C11H18F2/c1-7(2)10(8(3)4)9(5-6-9)11(10,12)13/h7-8H,5-6H2,1-4H3. The number of hydrogen-bond acceptors (Lipinski definition) is 0. The molecule has 76 valence electrons. The van der Waals surface area contributed by atoms with Crippen molar-refractivity contribution >= 4 is 0 Å². The van der Waals surface area contributed by atoms with Gasteiger partial charge in [0.1, 0.15) is 0 Å². The quantitative estimate of drug-likeness (QED) is 0.619. The molecule has 0 aliphatic heterocycles. The summed E-state index contributed by atoms with van der Waals surface area (Å²) in [6.07, 6.45) is 1.49. The van der Waals surface area contributed by atoms with Gasteiger partial charge in [-0.2, -0.15) is 0 Å². The Labute approximate surface area is 78.7 Å². The first-order valence-electron chi connectivity index (χ1n) is 5.22. The molecular weight excluding hydrogens is 170 g/mol. The predicted molar refractivity (Wildman–Crippen MR) is 48.7 cm³/mol. The second-order valence-corrected chi connectivity index (χ2v) is 5.33. The maximum absolute atomic E-state index is 13.8. The van der Waals surface area contributed by atoms with E-state index in [0.29, 0.717) is 0 Å². The van der Waals surface area contributed by atoms with Gasteiger partial charge in [-0.25, -0.2) is 8.78 Å². The van der Waals surface area contributed by atoms with Crippen molar-refractivity contribution in [2.75, 3.05) is 0 Å². The molecule has 2 fully saturated rings. The van der Waals surface area contributed by atoms with E-state index in [1.165, 1.54) is 0 Å². The van der Waals surface area contributed by atoms with Gasteiger partial charge in [-0.3, -0.25) is 0 Å². The summed E-state index contributed by atoms with van der Waals surface area (Å²) in [5.74, 6) is -2.18. The lowest BCUT2D eigenvalue weighted by Gasteiger charge is -2.25. The molecule has 0 amide bonds. The summed E-state index contributed by atoms with van der Waals surface area (Å²) in [6.45, 7) is 7.78. The maximum Gasteiger partial charge on any atom is 0.261 e. The number of hydrogen-bond donors (Lipinski definition) is 0. The van der Waals surface area contributed by atoms with Gasteiger partial charge in [-0.05, 0) is 24.7 Å². The van der Waals surface area contributed by atoms with Gasteiger partial charge < -0.3 is 0 Å². The number of halogens is 2. The van der Waals surface area contributed by atoms with E-state index in [2.05, 4.69) is 0 Å². The molecule has 13 heavy (non-hydrogen) atoms. The van der Waals surface area contributed by atoms with Crippen LogP contribution in [0.3, 0.4) is 0 Å². The molecule has 0 unspecified atom stereocenters. The Morgan fingerprint density at radius 2 is 1.31 bits per heavy atom. The van der Waals surface area contributed by atoms with Crippen molar-refractivity contribution < 1.29 is 8.78 Å². The van der Waals surface area contributed by atoms with Gasteiger partial charge in [0.05, 0.1) is 5.41 Å². The monoisotopic (exact) mass is 188 g/mol. The molecule has 0 saturated heterocycles. The van der Waals surface area contributed by atoms with Crippen molar-refractivity contribution in [2.24, 2.45) is 22.7 Å². The lowest BCUT2D eigenvalue weighted by molar-refractivity contribution is 0.0204. The zero-order valence-corrected chi connectivity index (χ0v) is 8.82. The highest BCUT2D eigenvalue weighted by molar-refractivity contribution is 5.36. The van der Waals surface area contributed by atoms with E-state index in [9.17, 15) is 8.78 Å². The smallest absolute Gasteiger partial charge is 0.206 e. The molecule has 0 nitrogen and oxygen atoms in total. The van der Waals surface area contributed by atoms with Gasteiger partial charge >= 0.3 is 0 Å². The zero-order chi connectivity index (χ0) is 10.1. The van der Waals surface area contributed by atoms with Gasteiger partial charge in [-0.15, -0.1) is 0 Å². The molecule has 0 heterocycles. The Morgan fingerprint density at radius 1 is 0.923 bits per heavy atom. The average molecular weight is 188 g/mol. The molecule has 0 aromatic heterocycles. The van der Waals surface area contributed by atoms with Crippen molar-refractivity contribution in [2.45, 2.75) is 46.5 Å². The minimum absolute atomic E-state index is 0.102. The Hall–Kier alpha value is -0.140. The van der Waals surface area contributed by atoms with Gasteiger partial charge in [0, 0.05) is 5.41 Å². The largest absolute Gasteiger partial charge is 0.261 e.